The number of hydrogen-bond donors (Lipinski definition) is 1. The van der Waals surface area contributed by atoms with Crippen LogP contribution in [0.15, 0.2) is 24.3 Å². The first-order valence-electron chi connectivity index (χ1n) is 6.26. The van der Waals surface area contributed by atoms with E-state index in [-0.39, 0.29) is 11.9 Å². The third kappa shape index (κ3) is 1.73. The number of fused-ring (bicyclic) bond motifs is 1. The molecule has 0 spiro atoms. The van der Waals surface area contributed by atoms with Crippen molar-refractivity contribution in [1.29, 1.82) is 0 Å². The molecular weight excluding hydrogens is 229 g/mol. The van der Waals surface area contributed by atoms with Crippen molar-refractivity contribution in [2.45, 2.75) is 32.2 Å². The van der Waals surface area contributed by atoms with Crippen molar-refractivity contribution < 1.29 is 4.39 Å². The van der Waals surface area contributed by atoms with Crippen LogP contribution in [0.1, 0.15) is 35.8 Å². The van der Waals surface area contributed by atoms with Crippen LogP contribution in [0.3, 0.4) is 0 Å². The lowest BCUT2D eigenvalue weighted by molar-refractivity contribution is 0.541. The van der Waals surface area contributed by atoms with Crippen LogP contribution in [-0.4, -0.2) is 9.78 Å². The number of rotatable bonds is 1. The molecule has 0 aliphatic heterocycles. The largest absolute Gasteiger partial charge is 0.323 e. The number of nitrogens with zero attached hydrogens (tertiary/aromatic N) is 2. The Hall–Kier alpha value is -1.68. The van der Waals surface area contributed by atoms with E-state index in [1.165, 1.54) is 17.7 Å². The highest BCUT2D eigenvalue weighted by Crippen LogP contribution is 2.31. The van der Waals surface area contributed by atoms with Gasteiger partial charge >= 0.3 is 0 Å². The SMILES string of the molecule is Cc1nn(-c2cccc(F)c2)c2c1CCCC2N. The molecule has 1 aliphatic carbocycles. The van der Waals surface area contributed by atoms with Crippen molar-refractivity contribution in [1.82, 2.24) is 9.78 Å². The van der Waals surface area contributed by atoms with Gasteiger partial charge in [0.25, 0.3) is 0 Å². The number of aryl methyl sites for hydroxylation is 1. The van der Waals surface area contributed by atoms with Crippen LogP contribution in [0.4, 0.5) is 4.39 Å². The Morgan fingerprint density at radius 2 is 2.28 bits per heavy atom. The van der Waals surface area contributed by atoms with Crippen LogP contribution in [0.25, 0.3) is 5.69 Å². The molecule has 1 aliphatic rings. The zero-order valence-corrected chi connectivity index (χ0v) is 10.4. The van der Waals surface area contributed by atoms with Gasteiger partial charge in [-0.1, -0.05) is 6.07 Å². The molecule has 18 heavy (non-hydrogen) atoms. The fourth-order valence-electron chi connectivity index (χ4n) is 2.71. The summed E-state index contributed by atoms with van der Waals surface area (Å²) in [5.41, 5.74) is 10.2. The van der Waals surface area contributed by atoms with Gasteiger partial charge in [0, 0.05) is 6.04 Å². The molecule has 0 saturated heterocycles. The standard InChI is InChI=1S/C14H16FN3/c1-9-12-6-3-7-13(16)14(12)18(17-9)11-5-2-4-10(15)8-11/h2,4-5,8,13H,3,6-7,16H2,1H3. The van der Waals surface area contributed by atoms with Gasteiger partial charge in [-0.05, 0) is 49.9 Å². The third-order valence-electron chi connectivity index (χ3n) is 3.57. The lowest BCUT2D eigenvalue weighted by Crippen LogP contribution is -2.20. The zero-order valence-electron chi connectivity index (χ0n) is 10.4. The second-order valence-electron chi connectivity index (χ2n) is 4.84. The minimum absolute atomic E-state index is 0.00165. The van der Waals surface area contributed by atoms with Gasteiger partial charge in [-0.15, -0.1) is 0 Å². The second kappa shape index (κ2) is 4.21. The summed E-state index contributed by atoms with van der Waals surface area (Å²) >= 11 is 0. The average Bonchev–Trinajstić information content (AvgIpc) is 2.69. The monoisotopic (exact) mass is 245 g/mol. The summed E-state index contributed by atoms with van der Waals surface area (Å²) in [6.07, 6.45) is 3.08. The molecule has 3 rings (SSSR count). The van der Waals surface area contributed by atoms with Crippen molar-refractivity contribution in [3.8, 4) is 5.69 Å². The molecule has 0 fully saturated rings. The summed E-state index contributed by atoms with van der Waals surface area (Å²) in [7, 11) is 0. The summed E-state index contributed by atoms with van der Waals surface area (Å²) in [4.78, 5) is 0. The van der Waals surface area contributed by atoms with Gasteiger partial charge in [0.1, 0.15) is 5.82 Å². The summed E-state index contributed by atoms with van der Waals surface area (Å²) in [5, 5.41) is 4.52. The summed E-state index contributed by atoms with van der Waals surface area (Å²) < 4.78 is 15.1. The van der Waals surface area contributed by atoms with Crippen LogP contribution < -0.4 is 5.73 Å². The van der Waals surface area contributed by atoms with Gasteiger partial charge in [0.15, 0.2) is 0 Å². The fourth-order valence-corrected chi connectivity index (χ4v) is 2.71. The Bertz CT molecular complexity index is 589. The molecule has 1 atom stereocenters. The van der Waals surface area contributed by atoms with Crippen molar-refractivity contribution in [3.63, 3.8) is 0 Å². The van der Waals surface area contributed by atoms with Gasteiger partial charge in [-0.3, -0.25) is 0 Å². The molecule has 0 amide bonds. The third-order valence-corrected chi connectivity index (χ3v) is 3.57. The highest BCUT2D eigenvalue weighted by Gasteiger charge is 2.25. The smallest absolute Gasteiger partial charge is 0.125 e. The first kappa shape index (κ1) is 11.4. The van der Waals surface area contributed by atoms with E-state index in [0.717, 1.165) is 36.3 Å². The Kier molecular flexibility index (Phi) is 2.67. The second-order valence-corrected chi connectivity index (χ2v) is 4.84. The van der Waals surface area contributed by atoms with E-state index >= 15 is 0 Å². The molecule has 2 aromatic rings. The molecular formula is C14H16FN3. The molecule has 94 valence electrons. The van der Waals surface area contributed by atoms with Gasteiger partial charge in [0.2, 0.25) is 0 Å². The molecule has 1 heterocycles. The van der Waals surface area contributed by atoms with E-state index in [2.05, 4.69) is 5.10 Å². The lowest BCUT2D eigenvalue weighted by Gasteiger charge is -2.20. The van der Waals surface area contributed by atoms with Crippen LogP contribution in [0.2, 0.25) is 0 Å². The van der Waals surface area contributed by atoms with E-state index in [0.29, 0.717) is 0 Å². The van der Waals surface area contributed by atoms with Gasteiger partial charge < -0.3 is 5.73 Å². The first-order chi connectivity index (χ1) is 8.66. The highest BCUT2D eigenvalue weighted by molar-refractivity contribution is 5.40. The predicted molar refractivity (Wildman–Crippen MR) is 68.1 cm³/mol. The Morgan fingerprint density at radius 3 is 3.06 bits per heavy atom. The number of hydrogen-bond acceptors (Lipinski definition) is 2. The topological polar surface area (TPSA) is 43.8 Å². The van der Waals surface area contributed by atoms with Crippen molar-refractivity contribution >= 4 is 0 Å². The summed E-state index contributed by atoms with van der Waals surface area (Å²) in [5.74, 6) is -0.251. The number of halogens is 1. The molecule has 2 N–H and O–H groups in total. The first-order valence-corrected chi connectivity index (χ1v) is 6.26. The number of nitrogens with two attached hydrogens (primary N) is 1. The number of benzene rings is 1. The lowest BCUT2D eigenvalue weighted by atomic mass is 9.92. The maximum atomic E-state index is 13.3. The Morgan fingerprint density at radius 1 is 1.44 bits per heavy atom. The van der Waals surface area contributed by atoms with Gasteiger partial charge in [-0.25, -0.2) is 9.07 Å². The number of aromatic nitrogens is 2. The molecule has 1 aromatic carbocycles. The van der Waals surface area contributed by atoms with Gasteiger partial charge in [-0.2, -0.15) is 5.10 Å². The molecule has 1 aromatic heterocycles. The average molecular weight is 245 g/mol. The maximum absolute atomic E-state index is 13.3. The quantitative estimate of drug-likeness (QED) is 0.839. The zero-order chi connectivity index (χ0) is 12.7. The van der Waals surface area contributed by atoms with Crippen LogP contribution in [-0.2, 0) is 6.42 Å². The van der Waals surface area contributed by atoms with Crippen LogP contribution in [0, 0.1) is 12.7 Å². The van der Waals surface area contributed by atoms with Gasteiger partial charge in [0.05, 0.1) is 17.1 Å². The highest BCUT2D eigenvalue weighted by atomic mass is 19.1. The summed E-state index contributed by atoms with van der Waals surface area (Å²) in [6, 6.07) is 6.48. The van der Waals surface area contributed by atoms with E-state index in [1.54, 1.807) is 10.7 Å². The Balaban J connectivity index is 2.18. The van der Waals surface area contributed by atoms with Crippen LogP contribution in [0.5, 0.6) is 0 Å². The maximum Gasteiger partial charge on any atom is 0.125 e. The summed E-state index contributed by atoms with van der Waals surface area (Å²) in [6.45, 7) is 1.99. The molecule has 4 heteroatoms. The Labute approximate surface area is 105 Å². The minimum atomic E-state index is -0.251. The molecule has 1 unspecified atom stereocenters. The van der Waals surface area contributed by atoms with E-state index in [4.69, 9.17) is 5.73 Å². The minimum Gasteiger partial charge on any atom is -0.323 e. The predicted octanol–water partition coefficient (Wildman–Crippen LogP) is 2.66. The molecule has 0 bridgehead atoms. The molecule has 0 radical (unpaired) electrons. The van der Waals surface area contributed by atoms with Crippen molar-refractivity contribution in [2.75, 3.05) is 0 Å². The van der Waals surface area contributed by atoms with Crippen molar-refractivity contribution in [2.24, 2.45) is 5.73 Å². The molecule has 3 nitrogen and oxygen atoms in total. The van der Waals surface area contributed by atoms with Crippen LogP contribution >= 0.6 is 0 Å². The van der Waals surface area contributed by atoms with Crippen molar-refractivity contribution in [3.05, 3.63) is 47.0 Å². The van der Waals surface area contributed by atoms with E-state index < -0.39 is 0 Å². The van der Waals surface area contributed by atoms with E-state index in [1.807, 2.05) is 13.0 Å². The molecule has 0 saturated carbocycles. The van der Waals surface area contributed by atoms with E-state index in [9.17, 15) is 4.39 Å². The normalized spacial score (nSPS) is 18.7. The fraction of sp³-hybridized carbons (Fsp3) is 0.357.